The molecule has 0 radical (unpaired) electrons. The van der Waals surface area contributed by atoms with E-state index in [-0.39, 0.29) is 11.4 Å². The molecule has 1 amide bonds. The monoisotopic (exact) mass is 309 g/mol. The molecule has 3 rings (SSSR count). The third kappa shape index (κ3) is 3.16. The van der Waals surface area contributed by atoms with Crippen molar-refractivity contribution in [1.29, 1.82) is 0 Å². The van der Waals surface area contributed by atoms with Crippen molar-refractivity contribution in [3.8, 4) is 17.2 Å². The number of methoxy groups -OCH3 is 1. The Kier molecular flexibility index (Phi) is 3.97. The number of aromatic hydroxyl groups is 1. The van der Waals surface area contributed by atoms with Crippen LogP contribution < -0.4 is 10.1 Å². The lowest BCUT2D eigenvalue weighted by atomic mass is 10.3. The van der Waals surface area contributed by atoms with Gasteiger partial charge in [0.15, 0.2) is 5.69 Å². The third-order valence-corrected chi connectivity index (χ3v) is 3.31. The molecule has 2 aromatic carbocycles. The van der Waals surface area contributed by atoms with Crippen LogP contribution in [-0.4, -0.2) is 27.9 Å². The van der Waals surface area contributed by atoms with Gasteiger partial charge in [0.1, 0.15) is 11.5 Å². The summed E-state index contributed by atoms with van der Waals surface area (Å²) in [5.74, 6) is 0.368. The van der Waals surface area contributed by atoms with E-state index in [1.807, 2.05) is 24.3 Å². The number of carbonyl (C=O) groups is 1. The molecule has 0 aliphatic heterocycles. The summed E-state index contributed by atoms with van der Waals surface area (Å²) in [7, 11) is 1.60. The predicted molar refractivity (Wildman–Crippen MR) is 86.2 cm³/mol. The molecule has 116 valence electrons. The zero-order valence-electron chi connectivity index (χ0n) is 12.4. The lowest BCUT2D eigenvalue weighted by molar-refractivity contribution is 0.102. The van der Waals surface area contributed by atoms with Crippen molar-refractivity contribution in [1.82, 2.24) is 9.78 Å². The van der Waals surface area contributed by atoms with Crippen molar-refractivity contribution in [2.45, 2.75) is 0 Å². The summed E-state index contributed by atoms with van der Waals surface area (Å²) in [5, 5.41) is 16.6. The minimum Gasteiger partial charge on any atom is -0.506 e. The standard InChI is InChI=1S/C17H15N3O3/c1-23-13-8-6-12(7-9-13)20-11-10-15(19-20)17(22)18-14-4-2-3-5-16(14)21/h2-11,21H,1H3,(H,18,22). The molecule has 0 saturated carbocycles. The molecule has 6 nitrogen and oxygen atoms in total. The van der Waals surface area contributed by atoms with Crippen LogP contribution >= 0.6 is 0 Å². The van der Waals surface area contributed by atoms with Crippen LogP contribution in [0.25, 0.3) is 5.69 Å². The molecule has 3 aromatic rings. The number of ether oxygens (including phenoxy) is 1. The maximum atomic E-state index is 12.2. The van der Waals surface area contributed by atoms with Crippen molar-refractivity contribution >= 4 is 11.6 Å². The lowest BCUT2D eigenvalue weighted by Crippen LogP contribution is -2.13. The highest BCUT2D eigenvalue weighted by Gasteiger charge is 2.12. The van der Waals surface area contributed by atoms with Gasteiger partial charge in [-0.2, -0.15) is 5.10 Å². The van der Waals surface area contributed by atoms with E-state index in [9.17, 15) is 9.90 Å². The van der Waals surface area contributed by atoms with Crippen LogP contribution in [0, 0.1) is 0 Å². The number of para-hydroxylation sites is 2. The van der Waals surface area contributed by atoms with E-state index in [2.05, 4.69) is 10.4 Å². The molecule has 1 aromatic heterocycles. The Morgan fingerprint density at radius 1 is 1.13 bits per heavy atom. The number of aromatic nitrogens is 2. The topological polar surface area (TPSA) is 76.4 Å². The molecule has 0 bridgehead atoms. The predicted octanol–water partition coefficient (Wildman–Crippen LogP) is 2.84. The normalized spacial score (nSPS) is 10.3. The minimum atomic E-state index is -0.390. The van der Waals surface area contributed by atoms with Gasteiger partial charge >= 0.3 is 0 Å². The van der Waals surface area contributed by atoms with E-state index in [0.29, 0.717) is 5.69 Å². The molecule has 1 heterocycles. The maximum Gasteiger partial charge on any atom is 0.276 e. The summed E-state index contributed by atoms with van der Waals surface area (Å²) in [4.78, 5) is 12.2. The number of hydrogen-bond donors (Lipinski definition) is 2. The number of carbonyl (C=O) groups excluding carboxylic acids is 1. The second-order valence-corrected chi connectivity index (χ2v) is 4.81. The van der Waals surface area contributed by atoms with Gasteiger partial charge in [-0.15, -0.1) is 0 Å². The molecule has 0 spiro atoms. The second kappa shape index (κ2) is 6.23. The Morgan fingerprint density at radius 3 is 2.57 bits per heavy atom. The average molecular weight is 309 g/mol. The third-order valence-electron chi connectivity index (χ3n) is 3.31. The molecule has 0 fully saturated rings. The zero-order chi connectivity index (χ0) is 16.2. The van der Waals surface area contributed by atoms with Crippen LogP contribution in [0.5, 0.6) is 11.5 Å². The van der Waals surface area contributed by atoms with Gasteiger partial charge in [0.25, 0.3) is 5.91 Å². The van der Waals surface area contributed by atoms with Gasteiger partial charge in [-0.25, -0.2) is 4.68 Å². The molecule has 0 atom stereocenters. The highest BCUT2D eigenvalue weighted by atomic mass is 16.5. The van der Waals surface area contributed by atoms with E-state index < -0.39 is 5.91 Å². The molecule has 0 unspecified atom stereocenters. The first-order valence-corrected chi connectivity index (χ1v) is 6.97. The number of phenols is 1. The first-order chi connectivity index (χ1) is 11.2. The van der Waals surface area contributed by atoms with Gasteiger partial charge in [-0.05, 0) is 42.5 Å². The van der Waals surface area contributed by atoms with Crippen LogP contribution in [-0.2, 0) is 0 Å². The zero-order valence-corrected chi connectivity index (χ0v) is 12.4. The van der Waals surface area contributed by atoms with Gasteiger partial charge in [0.2, 0.25) is 0 Å². The number of anilines is 1. The van der Waals surface area contributed by atoms with Gasteiger partial charge < -0.3 is 15.2 Å². The van der Waals surface area contributed by atoms with Crippen molar-refractivity contribution in [2.75, 3.05) is 12.4 Å². The van der Waals surface area contributed by atoms with E-state index in [1.54, 1.807) is 42.3 Å². The number of rotatable bonds is 4. The van der Waals surface area contributed by atoms with Crippen LogP contribution in [0.3, 0.4) is 0 Å². The number of benzene rings is 2. The largest absolute Gasteiger partial charge is 0.506 e. The molecule has 0 aliphatic rings. The SMILES string of the molecule is COc1ccc(-n2ccc(C(=O)Nc3ccccc3O)n2)cc1. The van der Waals surface area contributed by atoms with Crippen LogP contribution in [0.15, 0.2) is 60.8 Å². The maximum absolute atomic E-state index is 12.2. The molecule has 6 heteroatoms. The van der Waals surface area contributed by atoms with Crippen molar-refractivity contribution < 1.29 is 14.6 Å². The number of amides is 1. The first-order valence-electron chi connectivity index (χ1n) is 6.97. The lowest BCUT2D eigenvalue weighted by Gasteiger charge is -2.05. The molecular weight excluding hydrogens is 294 g/mol. The smallest absolute Gasteiger partial charge is 0.276 e. The summed E-state index contributed by atoms with van der Waals surface area (Å²) in [6, 6.07) is 15.5. The van der Waals surface area contributed by atoms with Gasteiger partial charge in [-0.3, -0.25) is 4.79 Å². The number of hydrogen-bond acceptors (Lipinski definition) is 4. The van der Waals surface area contributed by atoms with Gasteiger partial charge in [0, 0.05) is 6.20 Å². The first kappa shape index (κ1) is 14.6. The Bertz CT molecular complexity index is 825. The van der Waals surface area contributed by atoms with E-state index >= 15 is 0 Å². The fourth-order valence-corrected chi connectivity index (χ4v) is 2.09. The quantitative estimate of drug-likeness (QED) is 0.727. The summed E-state index contributed by atoms with van der Waals surface area (Å²) >= 11 is 0. The van der Waals surface area contributed by atoms with Crippen LogP contribution in [0.4, 0.5) is 5.69 Å². The molecule has 0 saturated heterocycles. The van der Waals surface area contributed by atoms with Crippen molar-refractivity contribution in [3.63, 3.8) is 0 Å². The Morgan fingerprint density at radius 2 is 1.87 bits per heavy atom. The van der Waals surface area contributed by atoms with E-state index in [1.165, 1.54) is 6.07 Å². The Labute approximate surface area is 133 Å². The Hall–Kier alpha value is -3.28. The summed E-state index contributed by atoms with van der Waals surface area (Å²) in [6.07, 6.45) is 1.70. The molecule has 2 N–H and O–H groups in total. The summed E-state index contributed by atoms with van der Waals surface area (Å²) in [5.41, 5.74) is 1.41. The molecular formula is C17H15N3O3. The van der Waals surface area contributed by atoms with Gasteiger partial charge in [-0.1, -0.05) is 12.1 Å². The highest BCUT2D eigenvalue weighted by Crippen LogP contribution is 2.22. The minimum absolute atomic E-state index is 0.00966. The number of nitrogens with zero attached hydrogens (tertiary/aromatic N) is 2. The Balaban J connectivity index is 1.78. The van der Waals surface area contributed by atoms with Crippen molar-refractivity contribution in [3.05, 3.63) is 66.5 Å². The molecule has 0 aliphatic carbocycles. The van der Waals surface area contributed by atoms with Gasteiger partial charge in [0.05, 0.1) is 18.5 Å². The average Bonchev–Trinajstić information content (AvgIpc) is 3.07. The van der Waals surface area contributed by atoms with Crippen LogP contribution in [0.2, 0.25) is 0 Å². The molecule has 23 heavy (non-hydrogen) atoms. The fourth-order valence-electron chi connectivity index (χ4n) is 2.09. The number of phenolic OH excluding ortho intramolecular Hbond substituents is 1. The van der Waals surface area contributed by atoms with Crippen molar-refractivity contribution in [2.24, 2.45) is 0 Å². The van der Waals surface area contributed by atoms with E-state index in [4.69, 9.17) is 4.74 Å². The second-order valence-electron chi connectivity index (χ2n) is 4.81. The fraction of sp³-hybridized carbons (Fsp3) is 0.0588. The van der Waals surface area contributed by atoms with Crippen LogP contribution in [0.1, 0.15) is 10.5 Å². The van der Waals surface area contributed by atoms with E-state index in [0.717, 1.165) is 11.4 Å². The highest BCUT2D eigenvalue weighted by molar-refractivity contribution is 6.03. The summed E-state index contributed by atoms with van der Waals surface area (Å²) < 4.78 is 6.71. The number of nitrogens with one attached hydrogen (secondary N) is 1. The summed E-state index contributed by atoms with van der Waals surface area (Å²) in [6.45, 7) is 0.